The van der Waals surface area contributed by atoms with Gasteiger partial charge in [0.25, 0.3) is 0 Å². The van der Waals surface area contributed by atoms with Crippen molar-refractivity contribution in [3.05, 3.63) is 225 Å². The molecule has 0 saturated heterocycles. The summed E-state index contributed by atoms with van der Waals surface area (Å²) in [6, 6.07) is 23.2. The number of hydrogen-bond donors (Lipinski definition) is 6. The number of carbonyl (C=O) groups excluding carboxylic acids is 1. The highest BCUT2D eigenvalue weighted by molar-refractivity contribution is 14.1. The number of pyridine rings is 6. The molecular weight excluding hydrogens is 1690 g/mol. The molecule has 0 radical (unpaired) electrons. The van der Waals surface area contributed by atoms with Crippen LogP contribution in [0.2, 0.25) is 30.5 Å². The molecule has 0 saturated carbocycles. The maximum Gasteiger partial charge on any atom is 0.235 e. The predicted molar refractivity (Wildman–Crippen MR) is 396 cm³/mol. The van der Waals surface area contributed by atoms with Crippen molar-refractivity contribution in [3.63, 3.8) is 0 Å². The third kappa shape index (κ3) is 20.1. The highest BCUT2D eigenvalue weighted by Crippen LogP contribution is 2.46. The Kier molecular flexibility index (Phi) is 29.3. The molecule has 0 fully saturated rings. The molecule has 538 valence electrons. The summed E-state index contributed by atoms with van der Waals surface area (Å²) in [6.45, 7) is 13.0. The molecule has 5 atom stereocenters. The third-order valence-corrected chi connectivity index (χ3v) is 18.7. The van der Waals surface area contributed by atoms with Gasteiger partial charge in [0, 0.05) is 67.5 Å². The molecule has 0 aliphatic carbocycles. The average Bonchev–Trinajstić information content (AvgIpc) is 1.57. The van der Waals surface area contributed by atoms with E-state index in [1.54, 1.807) is 42.5 Å². The number of aromatic hydroxyl groups is 1. The summed E-state index contributed by atoms with van der Waals surface area (Å²) in [4.78, 5) is 45.7. The molecule has 0 spiro atoms. The first-order valence-corrected chi connectivity index (χ1v) is 35.1. The van der Waals surface area contributed by atoms with Crippen molar-refractivity contribution in [2.24, 2.45) is 0 Å². The van der Waals surface area contributed by atoms with Crippen LogP contribution in [0.4, 0.5) is 13.2 Å². The number of hydrogen-bond acceptors (Lipinski definition) is 20. The topological polar surface area (TPSA) is 305 Å². The zero-order valence-corrected chi connectivity index (χ0v) is 63.1. The van der Waals surface area contributed by atoms with Crippen molar-refractivity contribution in [1.82, 2.24) is 29.9 Å². The summed E-state index contributed by atoms with van der Waals surface area (Å²) in [7, 11) is 0. The summed E-state index contributed by atoms with van der Waals surface area (Å²) in [5, 5.41) is 66.3. The van der Waals surface area contributed by atoms with Crippen LogP contribution >= 0.6 is 115 Å². The molecule has 4 aliphatic rings. The first-order chi connectivity index (χ1) is 48.6. The summed E-state index contributed by atoms with van der Waals surface area (Å²) >= 11 is 38.7. The molecule has 13 rings (SSSR count). The number of carbonyl (C=O) groups is 1. The Morgan fingerprint density at radius 1 is 0.559 bits per heavy atom. The fourth-order valence-electron chi connectivity index (χ4n) is 10.2. The number of aromatic nitrogens is 6. The van der Waals surface area contributed by atoms with Crippen molar-refractivity contribution < 1.29 is 77.2 Å². The van der Waals surface area contributed by atoms with E-state index in [1.807, 2.05) is 48.6 Å². The van der Waals surface area contributed by atoms with Gasteiger partial charge in [-0.2, -0.15) is 0 Å². The number of ether oxygens (including phenoxy) is 5. The minimum atomic E-state index is -1.34. The number of nitrogens with zero attached hydrogens (tertiary/aromatic N) is 7. The molecule has 6 aromatic heterocycles. The molecule has 21 nitrogen and oxygen atoms in total. The lowest BCUT2D eigenvalue weighted by molar-refractivity contribution is -0.491. The highest BCUT2D eigenvalue weighted by atomic mass is 127. The SMILES string of the molecule is C=CCOc1c(I)cc(CO)nc1Cl.CC1COc2c1cc(C(O)C[N+](=O)[O-])nc2-c1ccc(F)c(Cl)c1.CC1COc2c1cc(C=O)nc2-c1ccc(F)c(Cl)c1.CC1COc2c1cc(CO)nc2-c1ccc(F)c(Cl)c1.CC1COc2c1cc(CO)nc2Cl.OCc1cc(I)c(O)c(Cl)n1. The number of aliphatic hydroxyl groups is 5. The monoisotopic (exact) mass is 1750 g/mol. The lowest BCUT2D eigenvalue weighted by Gasteiger charge is -2.13. The van der Waals surface area contributed by atoms with Crippen molar-refractivity contribution >= 4 is 121 Å². The Balaban J connectivity index is 0.000000158. The van der Waals surface area contributed by atoms with Crippen LogP contribution in [0, 0.1) is 34.7 Å². The van der Waals surface area contributed by atoms with Gasteiger partial charge in [0.1, 0.15) is 64.1 Å². The summed E-state index contributed by atoms with van der Waals surface area (Å²) in [6.07, 6.45) is 0.986. The van der Waals surface area contributed by atoms with Crippen molar-refractivity contribution in [3.8, 4) is 68.3 Å². The Morgan fingerprint density at radius 3 is 1.36 bits per heavy atom. The van der Waals surface area contributed by atoms with Crippen LogP contribution in [-0.2, 0) is 26.4 Å². The molecular formula is C70H62Cl6F3I2N7O14. The Labute approximate surface area is 640 Å². The normalized spacial score (nSPS) is 15.6. The van der Waals surface area contributed by atoms with Crippen LogP contribution in [0.15, 0.2) is 104 Å². The number of halogens is 11. The standard InChI is InChI=1S/C16H14ClFN2O4.C15H13ClFNO2.C15H11ClFNO2.C9H9ClINO2.C9H10ClNO2.C6H5ClINO2/c1-8-7-24-16-10(8)5-13(14(21)6-20(22)23)19-15(16)9-2-3-12(18)11(17)4-9;2*1-8-7-20-15-11(8)5-10(6-19)18-14(15)9-2-3-13(17)12(16)4-9;1-2-3-14-8-7(11)4-6(5-13)12-9(8)10;1-5-4-13-8-7(5)2-6(3-12)11-9(8)10;7-6-5(11)4(8)1-3(2-10)9-6/h2-5,8,14,21H,6-7H2,1H3;2-5,8,19H,6-7H2,1H3;2-6,8H,7H2,1H3;2,4,13H,1,3,5H2;2,5,12H,3-4H2,1H3;1,10-11H,2H2. The first kappa shape index (κ1) is 80.6. The van der Waals surface area contributed by atoms with E-state index in [9.17, 15) is 38.3 Å². The number of benzene rings is 3. The van der Waals surface area contributed by atoms with E-state index in [-0.39, 0.29) is 81.0 Å². The number of aliphatic hydroxyl groups excluding tert-OH is 5. The van der Waals surface area contributed by atoms with Crippen LogP contribution in [0.3, 0.4) is 0 Å². The Bertz CT molecular complexity index is 4540. The van der Waals surface area contributed by atoms with Crippen LogP contribution in [0.1, 0.15) is 119 Å². The van der Waals surface area contributed by atoms with E-state index < -0.39 is 35.0 Å². The largest absolute Gasteiger partial charge is 0.504 e. The van der Waals surface area contributed by atoms with E-state index in [0.717, 1.165) is 25.8 Å². The van der Waals surface area contributed by atoms with E-state index in [2.05, 4.69) is 72.9 Å². The van der Waals surface area contributed by atoms with Crippen LogP contribution in [0.25, 0.3) is 33.8 Å². The lowest BCUT2D eigenvalue weighted by Crippen LogP contribution is -2.14. The van der Waals surface area contributed by atoms with E-state index >= 15 is 0 Å². The van der Waals surface area contributed by atoms with E-state index in [4.69, 9.17) is 114 Å². The number of rotatable bonds is 14. The summed E-state index contributed by atoms with van der Waals surface area (Å²) in [5.41, 5.74) is 9.79. The van der Waals surface area contributed by atoms with Gasteiger partial charge in [-0.15, -0.1) is 0 Å². The summed E-state index contributed by atoms with van der Waals surface area (Å²) in [5.74, 6) is 2.34. The molecule has 9 aromatic rings. The lowest BCUT2D eigenvalue weighted by atomic mass is 9.99. The molecule has 102 heavy (non-hydrogen) atoms. The number of fused-ring (bicyclic) bond motifs is 4. The molecule has 0 bridgehead atoms. The molecule has 5 unspecified atom stereocenters. The van der Waals surface area contributed by atoms with Gasteiger partial charge < -0.3 is 54.3 Å². The van der Waals surface area contributed by atoms with Gasteiger partial charge >= 0.3 is 0 Å². The quantitative estimate of drug-likeness (QED) is 0.0147. The average molecular weight is 1750 g/mol. The molecule has 32 heteroatoms. The van der Waals surface area contributed by atoms with Gasteiger partial charge in [-0.3, -0.25) is 14.9 Å². The van der Waals surface area contributed by atoms with E-state index in [1.165, 1.54) is 42.5 Å². The van der Waals surface area contributed by atoms with Gasteiger partial charge in [0.05, 0.1) is 104 Å². The van der Waals surface area contributed by atoms with Crippen LogP contribution < -0.4 is 23.7 Å². The number of aldehydes is 1. The van der Waals surface area contributed by atoms with Crippen LogP contribution in [-0.4, -0.2) is 111 Å². The van der Waals surface area contributed by atoms with E-state index in [0.29, 0.717) is 145 Å². The zero-order chi connectivity index (χ0) is 74.4. The Morgan fingerprint density at radius 2 is 0.941 bits per heavy atom. The molecule has 0 amide bonds. The van der Waals surface area contributed by atoms with Gasteiger partial charge in [-0.1, -0.05) is 110 Å². The smallest absolute Gasteiger partial charge is 0.235 e. The van der Waals surface area contributed by atoms with Crippen molar-refractivity contribution in [2.45, 2.75) is 83.9 Å². The minimum Gasteiger partial charge on any atom is -0.504 e. The molecule has 6 N–H and O–H groups in total. The van der Waals surface area contributed by atoms with Crippen molar-refractivity contribution in [2.75, 3.05) is 39.6 Å². The van der Waals surface area contributed by atoms with Gasteiger partial charge in [-0.05, 0) is 136 Å². The van der Waals surface area contributed by atoms with Gasteiger partial charge in [0.15, 0.2) is 45.1 Å². The van der Waals surface area contributed by atoms with Gasteiger partial charge in [0.2, 0.25) is 6.54 Å². The second-order valence-corrected chi connectivity index (χ2v) is 27.5. The summed E-state index contributed by atoms with van der Waals surface area (Å²) < 4.78 is 69.0. The first-order valence-electron chi connectivity index (χ1n) is 30.6. The second kappa shape index (κ2) is 37.1. The fourth-order valence-corrected chi connectivity index (χ4v) is 13.2. The third-order valence-electron chi connectivity index (χ3n) is 15.4. The highest BCUT2D eigenvalue weighted by Gasteiger charge is 2.31. The second-order valence-electron chi connectivity index (χ2n) is 22.9. The maximum absolute atomic E-state index is 13.4. The van der Waals surface area contributed by atoms with Gasteiger partial charge in [-0.25, -0.2) is 43.1 Å². The number of nitro groups is 1. The van der Waals surface area contributed by atoms with Crippen LogP contribution in [0.5, 0.6) is 34.5 Å². The maximum atomic E-state index is 13.4. The predicted octanol–water partition coefficient (Wildman–Crippen LogP) is 16.4. The minimum absolute atomic E-state index is 0.0144. The molecule has 10 heterocycles. The molecule has 4 aliphatic heterocycles. The fraction of sp³-hybridized carbons (Fsp3) is 0.271. The zero-order valence-electron chi connectivity index (χ0n) is 54.2. The Hall–Kier alpha value is -7.04. The van der Waals surface area contributed by atoms with Crippen molar-refractivity contribution in [1.29, 1.82) is 0 Å². The molecule has 3 aromatic carbocycles.